The fourth-order valence-electron chi connectivity index (χ4n) is 5.41. The molecule has 0 radical (unpaired) electrons. The molecule has 8 nitrogen and oxygen atoms in total. The molecule has 4 aliphatic rings. The van der Waals surface area contributed by atoms with Gasteiger partial charge in [0.2, 0.25) is 5.91 Å². The molecule has 2 amide bonds. The lowest BCUT2D eigenvalue weighted by atomic mass is 9.84. The Hall–Kier alpha value is -2.45. The van der Waals surface area contributed by atoms with Crippen molar-refractivity contribution in [3.05, 3.63) is 35.1 Å². The van der Waals surface area contributed by atoms with E-state index in [1.165, 1.54) is 5.57 Å². The van der Waals surface area contributed by atoms with Crippen LogP contribution in [0.2, 0.25) is 0 Å². The summed E-state index contributed by atoms with van der Waals surface area (Å²) in [5.41, 5.74) is 2.06. The third-order valence-electron chi connectivity index (χ3n) is 6.80. The first-order valence-corrected chi connectivity index (χ1v) is 12.3. The summed E-state index contributed by atoms with van der Waals surface area (Å²) in [6, 6.07) is -0.843. The maximum atomic E-state index is 13.6. The van der Waals surface area contributed by atoms with Crippen molar-refractivity contribution in [3.8, 4) is 0 Å². The predicted octanol–water partition coefficient (Wildman–Crippen LogP) is 2.36. The van der Waals surface area contributed by atoms with Crippen molar-refractivity contribution in [1.29, 1.82) is 0 Å². The summed E-state index contributed by atoms with van der Waals surface area (Å²) in [5.74, 6) is -0.472. The predicted molar refractivity (Wildman–Crippen MR) is 127 cm³/mol. The van der Waals surface area contributed by atoms with Crippen LogP contribution < -0.4 is 10.6 Å². The zero-order valence-electron chi connectivity index (χ0n) is 21.0. The molecule has 0 spiro atoms. The molecule has 2 N–H and O–H groups in total. The van der Waals surface area contributed by atoms with Crippen molar-refractivity contribution in [2.75, 3.05) is 7.11 Å². The third-order valence-corrected chi connectivity index (χ3v) is 6.80. The molecule has 5 atom stereocenters. The molecule has 4 rings (SSSR count). The maximum absolute atomic E-state index is 13.6. The Bertz CT molecular complexity index is 958. The SMILES string of the molecule is COC1C=CC2=C3C=C4C(=O)NC(CCC(=O)OC(C)(C)C)C(=O)N4C(CC(C)C)C3NC2C1. The molecule has 5 unspecified atom stereocenters. The Morgan fingerprint density at radius 2 is 1.97 bits per heavy atom. The maximum Gasteiger partial charge on any atom is 0.306 e. The molecular weight excluding hydrogens is 434 g/mol. The second-order valence-corrected chi connectivity index (χ2v) is 11.1. The number of amides is 2. The van der Waals surface area contributed by atoms with E-state index in [9.17, 15) is 14.4 Å². The summed E-state index contributed by atoms with van der Waals surface area (Å²) in [6.07, 6.45) is 7.93. The van der Waals surface area contributed by atoms with Gasteiger partial charge in [-0.25, -0.2) is 0 Å². The second-order valence-electron chi connectivity index (χ2n) is 11.1. The molecule has 0 aromatic rings. The lowest BCUT2D eigenvalue weighted by molar-refractivity contribution is -0.155. The van der Waals surface area contributed by atoms with Crippen molar-refractivity contribution in [3.63, 3.8) is 0 Å². The summed E-state index contributed by atoms with van der Waals surface area (Å²) in [7, 11) is 1.71. The number of hydrogen-bond donors (Lipinski definition) is 2. The first kappa shape index (κ1) is 24.7. The monoisotopic (exact) mass is 471 g/mol. The van der Waals surface area contributed by atoms with Crippen LogP contribution in [0, 0.1) is 5.92 Å². The van der Waals surface area contributed by atoms with Crippen LogP contribution in [0.1, 0.15) is 60.3 Å². The van der Waals surface area contributed by atoms with E-state index in [2.05, 4.69) is 36.6 Å². The van der Waals surface area contributed by atoms with Crippen LogP contribution in [-0.4, -0.2) is 65.7 Å². The average Bonchev–Trinajstić information content (AvgIpc) is 3.11. The van der Waals surface area contributed by atoms with E-state index in [0.717, 1.165) is 18.4 Å². The van der Waals surface area contributed by atoms with Crippen LogP contribution in [0.3, 0.4) is 0 Å². The topological polar surface area (TPSA) is 97.0 Å². The Kier molecular flexibility index (Phi) is 6.75. The molecule has 3 aliphatic heterocycles. The smallest absolute Gasteiger partial charge is 0.306 e. The number of ether oxygens (including phenoxy) is 2. The highest BCUT2D eigenvalue weighted by atomic mass is 16.6. The zero-order chi connectivity index (χ0) is 24.8. The highest BCUT2D eigenvalue weighted by molar-refractivity contribution is 6.05. The number of rotatable bonds is 6. The minimum Gasteiger partial charge on any atom is -0.460 e. The number of esters is 1. The van der Waals surface area contributed by atoms with E-state index in [0.29, 0.717) is 11.6 Å². The molecule has 34 heavy (non-hydrogen) atoms. The Morgan fingerprint density at radius 1 is 1.24 bits per heavy atom. The number of fused-ring (bicyclic) bond motifs is 3. The normalized spacial score (nSPS) is 30.6. The Labute approximate surface area is 201 Å². The van der Waals surface area contributed by atoms with Gasteiger partial charge < -0.3 is 25.0 Å². The van der Waals surface area contributed by atoms with Gasteiger partial charge in [-0.05, 0) is 63.2 Å². The van der Waals surface area contributed by atoms with Gasteiger partial charge in [0, 0.05) is 19.6 Å². The first-order chi connectivity index (χ1) is 16.0. The van der Waals surface area contributed by atoms with Gasteiger partial charge in [-0.2, -0.15) is 0 Å². The summed E-state index contributed by atoms with van der Waals surface area (Å²) in [4.78, 5) is 40.7. The van der Waals surface area contributed by atoms with Crippen molar-refractivity contribution in [1.82, 2.24) is 15.5 Å². The minimum absolute atomic E-state index is 0.0444. The van der Waals surface area contributed by atoms with Crippen molar-refractivity contribution < 1.29 is 23.9 Å². The zero-order valence-corrected chi connectivity index (χ0v) is 21.0. The van der Waals surface area contributed by atoms with Gasteiger partial charge in [-0.3, -0.25) is 14.4 Å². The van der Waals surface area contributed by atoms with Crippen molar-refractivity contribution in [2.45, 2.75) is 96.2 Å². The second kappa shape index (κ2) is 9.30. The largest absolute Gasteiger partial charge is 0.460 e. The van der Waals surface area contributed by atoms with Crippen LogP contribution in [0.25, 0.3) is 0 Å². The van der Waals surface area contributed by atoms with E-state index >= 15 is 0 Å². The van der Waals surface area contributed by atoms with E-state index < -0.39 is 11.6 Å². The van der Waals surface area contributed by atoms with Crippen LogP contribution in [-0.2, 0) is 23.9 Å². The summed E-state index contributed by atoms with van der Waals surface area (Å²) >= 11 is 0. The molecule has 186 valence electrons. The number of nitrogens with zero attached hydrogens (tertiary/aromatic N) is 1. The number of piperazine rings is 1. The Balaban J connectivity index is 1.61. The number of carbonyl (C=O) groups excluding carboxylic acids is 3. The molecule has 0 aromatic carbocycles. The minimum atomic E-state index is -0.748. The molecule has 0 bridgehead atoms. The fourth-order valence-corrected chi connectivity index (χ4v) is 5.41. The molecule has 0 saturated carbocycles. The molecule has 0 aromatic heterocycles. The molecule has 3 heterocycles. The number of nitrogens with one attached hydrogen (secondary N) is 2. The summed E-state index contributed by atoms with van der Waals surface area (Å²) in [6.45, 7) is 9.68. The van der Waals surface area contributed by atoms with Gasteiger partial charge in [0.25, 0.3) is 5.91 Å². The van der Waals surface area contributed by atoms with E-state index in [1.54, 1.807) is 12.0 Å². The van der Waals surface area contributed by atoms with Crippen LogP contribution in [0.15, 0.2) is 35.1 Å². The van der Waals surface area contributed by atoms with Gasteiger partial charge in [-0.1, -0.05) is 26.0 Å². The van der Waals surface area contributed by atoms with Gasteiger partial charge in [0.15, 0.2) is 0 Å². The highest BCUT2D eigenvalue weighted by Gasteiger charge is 2.50. The van der Waals surface area contributed by atoms with Crippen LogP contribution in [0.4, 0.5) is 0 Å². The Morgan fingerprint density at radius 3 is 2.62 bits per heavy atom. The van der Waals surface area contributed by atoms with E-state index in [1.807, 2.05) is 26.8 Å². The van der Waals surface area contributed by atoms with Gasteiger partial charge in [0.05, 0.1) is 18.2 Å². The average molecular weight is 472 g/mol. The summed E-state index contributed by atoms with van der Waals surface area (Å²) < 4.78 is 10.9. The van der Waals surface area contributed by atoms with Crippen molar-refractivity contribution >= 4 is 17.8 Å². The van der Waals surface area contributed by atoms with Crippen molar-refractivity contribution in [2.24, 2.45) is 5.92 Å². The van der Waals surface area contributed by atoms with Gasteiger partial charge >= 0.3 is 5.97 Å². The van der Waals surface area contributed by atoms with Gasteiger partial charge in [0.1, 0.15) is 17.3 Å². The van der Waals surface area contributed by atoms with E-state index in [-0.39, 0.29) is 54.9 Å². The number of carbonyl (C=O) groups is 3. The van der Waals surface area contributed by atoms with Gasteiger partial charge in [-0.15, -0.1) is 0 Å². The molecule has 1 aliphatic carbocycles. The third kappa shape index (κ3) is 4.84. The molecular formula is C26H37N3O5. The summed E-state index contributed by atoms with van der Waals surface area (Å²) in [5, 5.41) is 6.56. The quantitative estimate of drug-likeness (QED) is 0.578. The first-order valence-electron chi connectivity index (χ1n) is 12.3. The molecule has 8 heteroatoms. The lowest BCUT2D eigenvalue weighted by Crippen LogP contribution is -2.64. The fraction of sp³-hybridized carbons (Fsp3) is 0.654. The van der Waals surface area contributed by atoms with Crippen LogP contribution >= 0.6 is 0 Å². The molecule has 1 fully saturated rings. The van der Waals surface area contributed by atoms with Crippen LogP contribution in [0.5, 0.6) is 0 Å². The lowest BCUT2D eigenvalue weighted by Gasteiger charge is -2.45. The number of hydrogen-bond acceptors (Lipinski definition) is 6. The standard InChI is InChI=1S/C26H37N3O5/c1-14(2)11-20-23-17(16-8-7-15(33-6)12-19(16)27-23)13-21-24(31)28-18(25(32)29(20)21)9-10-22(30)34-26(3,4)5/h7-8,13-15,18-20,23,27H,9-12H2,1-6H3,(H,28,31). The molecule has 1 saturated heterocycles. The number of methoxy groups -OCH3 is 1. The van der Waals surface area contributed by atoms with E-state index in [4.69, 9.17) is 9.47 Å². The highest BCUT2D eigenvalue weighted by Crippen LogP contribution is 2.40.